The molecule has 7 heteroatoms. The van der Waals surface area contributed by atoms with E-state index >= 15 is 0 Å². The maximum Gasteiger partial charge on any atom is 0.311 e. The predicted octanol–water partition coefficient (Wildman–Crippen LogP) is 1.41. The first-order chi connectivity index (χ1) is 12.0. The summed E-state index contributed by atoms with van der Waals surface area (Å²) in [5.74, 6) is 0.0504. The zero-order chi connectivity index (χ0) is 18.0. The Morgan fingerprint density at radius 3 is 2.60 bits per heavy atom. The summed E-state index contributed by atoms with van der Waals surface area (Å²) < 4.78 is 16.2. The molecular weight excluding hydrogens is 326 g/mol. The quantitative estimate of drug-likeness (QED) is 0.865. The fourth-order valence-corrected chi connectivity index (χ4v) is 3.63. The SMILES string of the molecule is COc1ccc(OC(C)C(=O)N2C[C@H]3COCC[C@@]3(C(=O)O)C2)cc1. The van der Waals surface area contributed by atoms with Gasteiger partial charge in [-0.1, -0.05) is 0 Å². The summed E-state index contributed by atoms with van der Waals surface area (Å²) in [7, 11) is 1.58. The summed E-state index contributed by atoms with van der Waals surface area (Å²) in [6.07, 6.45) is -0.259. The molecule has 1 aromatic rings. The number of hydrogen-bond donors (Lipinski definition) is 1. The van der Waals surface area contributed by atoms with Gasteiger partial charge in [0.2, 0.25) is 0 Å². The van der Waals surface area contributed by atoms with E-state index in [0.29, 0.717) is 37.7 Å². The number of carboxylic acids is 1. The number of nitrogens with zero attached hydrogens (tertiary/aromatic N) is 1. The van der Waals surface area contributed by atoms with Crippen LogP contribution in [0.25, 0.3) is 0 Å². The van der Waals surface area contributed by atoms with Crippen molar-refractivity contribution < 1.29 is 28.9 Å². The minimum Gasteiger partial charge on any atom is -0.497 e. The molecule has 0 aromatic heterocycles. The molecule has 0 saturated carbocycles. The Kier molecular flexibility index (Phi) is 4.85. The highest BCUT2D eigenvalue weighted by Crippen LogP contribution is 2.42. The molecule has 3 atom stereocenters. The zero-order valence-electron chi connectivity index (χ0n) is 14.4. The molecule has 2 heterocycles. The van der Waals surface area contributed by atoms with Gasteiger partial charge in [0.25, 0.3) is 5.91 Å². The number of likely N-dealkylation sites (tertiary alicyclic amines) is 1. The third-order valence-electron chi connectivity index (χ3n) is 5.16. The summed E-state index contributed by atoms with van der Waals surface area (Å²) in [4.78, 5) is 26.1. The molecule has 2 fully saturated rings. The molecule has 1 aromatic carbocycles. The lowest BCUT2D eigenvalue weighted by molar-refractivity contribution is -0.157. The Morgan fingerprint density at radius 2 is 2.00 bits per heavy atom. The van der Waals surface area contributed by atoms with Crippen molar-refractivity contribution in [2.75, 3.05) is 33.4 Å². The average molecular weight is 349 g/mol. The Hall–Kier alpha value is -2.28. The van der Waals surface area contributed by atoms with Crippen LogP contribution in [-0.2, 0) is 14.3 Å². The second-order valence-corrected chi connectivity index (χ2v) is 6.64. The molecule has 1 N–H and O–H groups in total. The molecule has 0 spiro atoms. The Balaban J connectivity index is 1.67. The van der Waals surface area contributed by atoms with Crippen molar-refractivity contribution in [1.29, 1.82) is 0 Å². The van der Waals surface area contributed by atoms with Crippen LogP contribution in [0.2, 0.25) is 0 Å². The van der Waals surface area contributed by atoms with E-state index in [1.54, 1.807) is 43.2 Å². The molecule has 0 aliphatic carbocycles. The first-order valence-electron chi connectivity index (χ1n) is 8.37. The fraction of sp³-hybridized carbons (Fsp3) is 0.556. The van der Waals surface area contributed by atoms with Crippen molar-refractivity contribution >= 4 is 11.9 Å². The lowest BCUT2D eigenvalue weighted by Crippen LogP contribution is -2.45. The number of rotatable bonds is 5. The monoisotopic (exact) mass is 349 g/mol. The van der Waals surface area contributed by atoms with Gasteiger partial charge in [0.1, 0.15) is 11.5 Å². The van der Waals surface area contributed by atoms with Gasteiger partial charge in [-0.15, -0.1) is 0 Å². The first-order valence-corrected chi connectivity index (χ1v) is 8.37. The highest BCUT2D eigenvalue weighted by Gasteiger charge is 2.55. The molecule has 1 amide bonds. The van der Waals surface area contributed by atoms with Gasteiger partial charge < -0.3 is 24.2 Å². The molecule has 136 valence electrons. The fourth-order valence-electron chi connectivity index (χ4n) is 3.63. The van der Waals surface area contributed by atoms with Crippen LogP contribution in [0.1, 0.15) is 13.3 Å². The molecule has 7 nitrogen and oxygen atoms in total. The number of fused-ring (bicyclic) bond motifs is 1. The van der Waals surface area contributed by atoms with E-state index < -0.39 is 17.5 Å². The summed E-state index contributed by atoms with van der Waals surface area (Å²) in [6, 6.07) is 6.99. The Labute approximate surface area is 146 Å². The topological polar surface area (TPSA) is 85.3 Å². The van der Waals surface area contributed by atoms with Crippen LogP contribution in [0.5, 0.6) is 11.5 Å². The summed E-state index contributed by atoms with van der Waals surface area (Å²) >= 11 is 0. The van der Waals surface area contributed by atoms with Crippen LogP contribution in [0.4, 0.5) is 0 Å². The molecule has 25 heavy (non-hydrogen) atoms. The average Bonchev–Trinajstić information content (AvgIpc) is 3.02. The molecule has 0 radical (unpaired) electrons. The van der Waals surface area contributed by atoms with Crippen LogP contribution in [0, 0.1) is 11.3 Å². The number of methoxy groups -OCH3 is 1. The van der Waals surface area contributed by atoms with Crippen molar-refractivity contribution in [3.8, 4) is 11.5 Å². The third-order valence-corrected chi connectivity index (χ3v) is 5.16. The lowest BCUT2D eigenvalue weighted by atomic mass is 9.74. The molecule has 0 bridgehead atoms. The van der Waals surface area contributed by atoms with Gasteiger partial charge in [-0.25, -0.2) is 0 Å². The maximum absolute atomic E-state index is 12.7. The van der Waals surface area contributed by atoms with Crippen molar-refractivity contribution in [3.05, 3.63) is 24.3 Å². The number of benzene rings is 1. The van der Waals surface area contributed by atoms with Crippen LogP contribution in [0.15, 0.2) is 24.3 Å². The summed E-state index contributed by atoms with van der Waals surface area (Å²) in [6.45, 7) is 3.08. The summed E-state index contributed by atoms with van der Waals surface area (Å²) in [5.41, 5.74) is -0.895. The normalized spacial score (nSPS) is 26.6. The minimum atomic E-state index is -0.895. The molecule has 3 rings (SSSR count). The number of ether oxygens (including phenoxy) is 3. The molecule has 1 unspecified atom stereocenters. The van der Waals surface area contributed by atoms with Crippen molar-refractivity contribution in [2.45, 2.75) is 19.4 Å². The van der Waals surface area contributed by atoms with Gasteiger partial charge in [0.15, 0.2) is 6.10 Å². The van der Waals surface area contributed by atoms with E-state index in [0.717, 1.165) is 0 Å². The number of hydrogen-bond acceptors (Lipinski definition) is 5. The predicted molar refractivity (Wildman–Crippen MR) is 88.7 cm³/mol. The van der Waals surface area contributed by atoms with Gasteiger partial charge in [-0.05, 0) is 37.6 Å². The van der Waals surface area contributed by atoms with E-state index in [9.17, 15) is 14.7 Å². The molecule has 2 aliphatic rings. The highest BCUT2D eigenvalue weighted by atomic mass is 16.5. The number of carbonyl (C=O) groups excluding carboxylic acids is 1. The van der Waals surface area contributed by atoms with Gasteiger partial charge in [0.05, 0.1) is 19.1 Å². The van der Waals surface area contributed by atoms with Crippen molar-refractivity contribution in [1.82, 2.24) is 4.90 Å². The van der Waals surface area contributed by atoms with E-state index in [1.807, 2.05) is 0 Å². The van der Waals surface area contributed by atoms with Crippen LogP contribution < -0.4 is 9.47 Å². The number of carbonyl (C=O) groups is 2. The van der Waals surface area contributed by atoms with Gasteiger partial charge in [0, 0.05) is 25.6 Å². The molecular formula is C18H23NO6. The second kappa shape index (κ2) is 6.92. The van der Waals surface area contributed by atoms with Crippen LogP contribution in [-0.4, -0.2) is 61.4 Å². The maximum atomic E-state index is 12.7. The van der Waals surface area contributed by atoms with Crippen molar-refractivity contribution in [2.24, 2.45) is 11.3 Å². The second-order valence-electron chi connectivity index (χ2n) is 6.64. The van der Waals surface area contributed by atoms with E-state index in [4.69, 9.17) is 14.2 Å². The first kappa shape index (κ1) is 17.5. The largest absolute Gasteiger partial charge is 0.497 e. The van der Waals surface area contributed by atoms with E-state index in [2.05, 4.69) is 0 Å². The number of amides is 1. The Bertz CT molecular complexity index is 645. The van der Waals surface area contributed by atoms with Crippen molar-refractivity contribution in [3.63, 3.8) is 0 Å². The van der Waals surface area contributed by atoms with Gasteiger partial charge in [-0.2, -0.15) is 0 Å². The third kappa shape index (κ3) is 3.28. The van der Waals surface area contributed by atoms with Crippen LogP contribution in [0.3, 0.4) is 0 Å². The standard InChI is InChI=1S/C18H23NO6/c1-12(25-15-5-3-14(23-2)4-6-15)16(20)19-9-13-10-24-8-7-18(13,11-19)17(21)22/h3-6,12-13H,7-11H2,1-2H3,(H,21,22)/t12?,13-,18+/m0/s1. The smallest absolute Gasteiger partial charge is 0.311 e. The van der Waals surface area contributed by atoms with E-state index in [1.165, 1.54) is 0 Å². The Morgan fingerprint density at radius 1 is 1.32 bits per heavy atom. The van der Waals surface area contributed by atoms with Crippen LogP contribution >= 0.6 is 0 Å². The number of carboxylic acid groups (broad SMARTS) is 1. The molecule has 2 saturated heterocycles. The highest BCUT2D eigenvalue weighted by molar-refractivity contribution is 5.84. The minimum absolute atomic E-state index is 0.170. The van der Waals surface area contributed by atoms with E-state index in [-0.39, 0.29) is 18.4 Å². The molecule has 2 aliphatic heterocycles. The number of aliphatic carboxylic acids is 1. The van der Waals surface area contributed by atoms with Gasteiger partial charge in [-0.3, -0.25) is 9.59 Å². The lowest BCUT2D eigenvalue weighted by Gasteiger charge is -2.33. The van der Waals surface area contributed by atoms with Gasteiger partial charge >= 0.3 is 5.97 Å². The summed E-state index contributed by atoms with van der Waals surface area (Å²) in [5, 5.41) is 9.69. The zero-order valence-corrected chi connectivity index (χ0v) is 14.4.